The van der Waals surface area contributed by atoms with Gasteiger partial charge in [0.05, 0.1) is 11.6 Å². The first-order chi connectivity index (χ1) is 10.5. The Balaban J connectivity index is 2.10. The van der Waals surface area contributed by atoms with Crippen LogP contribution in [0.15, 0.2) is 35.9 Å². The Morgan fingerprint density at radius 1 is 1.45 bits per heavy atom. The van der Waals surface area contributed by atoms with Crippen LogP contribution < -0.4 is 5.32 Å². The van der Waals surface area contributed by atoms with E-state index in [2.05, 4.69) is 5.32 Å². The molecule has 6 heteroatoms. The largest absolute Gasteiger partial charge is 0.322 e. The van der Waals surface area contributed by atoms with Gasteiger partial charge in [0, 0.05) is 11.3 Å². The number of benzene rings is 1. The van der Waals surface area contributed by atoms with E-state index in [1.165, 1.54) is 23.9 Å². The van der Waals surface area contributed by atoms with Crippen molar-refractivity contribution in [1.29, 1.82) is 0 Å². The van der Waals surface area contributed by atoms with Crippen LogP contribution in [-0.4, -0.2) is 34.4 Å². The fraction of sp³-hybridized carbons (Fsp3) is 0.375. The zero-order valence-electron chi connectivity index (χ0n) is 12.6. The van der Waals surface area contributed by atoms with Crippen molar-refractivity contribution in [2.45, 2.75) is 26.3 Å². The van der Waals surface area contributed by atoms with Gasteiger partial charge in [0.2, 0.25) is 5.91 Å². The molecule has 1 heterocycles. The summed E-state index contributed by atoms with van der Waals surface area (Å²) in [6.45, 7) is 3.71. The van der Waals surface area contributed by atoms with Gasteiger partial charge in [-0.15, -0.1) is 11.8 Å². The summed E-state index contributed by atoms with van der Waals surface area (Å²) in [6, 6.07) is 5.43. The zero-order chi connectivity index (χ0) is 16.1. The third kappa shape index (κ3) is 3.68. The lowest BCUT2D eigenvalue weighted by atomic mass is 10.2. The molecule has 1 aromatic rings. The molecule has 4 nitrogen and oxygen atoms in total. The van der Waals surface area contributed by atoms with Crippen LogP contribution in [0.4, 0.5) is 10.1 Å². The van der Waals surface area contributed by atoms with Gasteiger partial charge < -0.3 is 10.2 Å². The van der Waals surface area contributed by atoms with E-state index in [-0.39, 0.29) is 17.5 Å². The maximum atomic E-state index is 13.6. The number of amides is 2. The van der Waals surface area contributed by atoms with Crippen LogP contribution in [0.5, 0.6) is 0 Å². The minimum absolute atomic E-state index is 0.137. The minimum Gasteiger partial charge on any atom is -0.322 e. The number of hydrogen-bond donors (Lipinski definition) is 1. The van der Waals surface area contributed by atoms with Crippen LogP contribution in [0.3, 0.4) is 0 Å². The lowest BCUT2D eigenvalue weighted by molar-refractivity contribution is -0.133. The Kier molecular flexibility index (Phi) is 5.60. The summed E-state index contributed by atoms with van der Waals surface area (Å²) in [4.78, 5) is 26.3. The summed E-state index contributed by atoms with van der Waals surface area (Å²) < 4.78 is 13.6. The van der Waals surface area contributed by atoms with Crippen LogP contribution in [0, 0.1) is 5.82 Å². The van der Waals surface area contributed by atoms with E-state index in [0.29, 0.717) is 17.2 Å². The highest BCUT2D eigenvalue weighted by molar-refractivity contribution is 7.99. The SMILES string of the molecule is CC/C=C(\C)C(=O)N1CSC[C@H]1C(=O)Nc1ccccc1F. The third-order valence-electron chi connectivity index (χ3n) is 3.43. The van der Waals surface area contributed by atoms with Crippen LogP contribution in [-0.2, 0) is 9.59 Å². The van der Waals surface area contributed by atoms with Crippen molar-refractivity contribution in [1.82, 2.24) is 4.90 Å². The lowest BCUT2D eigenvalue weighted by Crippen LogP contribution is -2.44. The first-order valence-electron chi connectivity index (χ1n) is 7.15. The van der Waals surface area contributed by atoms with Crippen LogP contribution in [0.2, 0.25) is 0 Å². The van der Waals surface area contributed by atoms with Gasteiger partial charge in [-0.2, -0.15) is 0 Å². The molecule has 2 rings (SSSR count). The van der Waals surface area contributed by atoms with E-state index in [0.717, 1.165) is 6.42 Å². The molecule has 0 spiro atoms. The van der Waals surface area contributed by atoms with Gasteiger partial charge in [-0.3, -0.25) is 9.59 Å². The summed E-state index contributed by atoms with van der Waals surface area (Å²) in [5.41, 5.74) is 0.770. The topological polar surface area (TPSA) is 49.4 Å². The number of nitrogens with zero attached hydrogens (tertiary/aromatic N) is 1. The maximum absolute atomic E-state index is 13.6. The highest BCUT2D eigenvalue weighted by Gasteiger charge is 2.35. The molecule has 2 amide bonds. The van der Waals surface area contributed by atoms with Crippen LogP contribution in [0.1, 0.15) is 20.3 Å². The predicted molar refractivity (Wildman–Crippen MR) is 87.0 cm³/mol. The molecule has 0 saturated carbocycles. The number of para-hydroxylation sites is 1. The van der Waals surface area contributed by atoms with Gasteiger partial charge in [-0.1, -0.05) is 25.1 Å². The number of thioether (sulfide) groups is 1. The molecule has 118 valence electrons. The Labute approximate surface area is 133 Å². The Hall–Kier alpha value is -1.82. The molecule has 0 radical (unpaired) electrons. The Morgan fingerprint density at radius 2 is 2.18 bits per heavy atom. The second kappa shape index (κ2) is 7.45. The Morgan fingerprint density at radius 3 is 2.86 bits per heavy atom. The third-order valence-corrected chi connectivity index (χ3v) is 4.44. The molecule has 1 N–H and O–H groups in total. The molecule has 22 heavy (non-hydrogen) atoms. The molecule has 0 bridgehead atoms. The van der Waals surface area contributed by atoms with E-state index >= 15 is 0 Å². The summed E-state index contributed by atoms with van der Waals surface area (Å²) in [7, 11) is 0. The van der Waals surface area contributed by atoms with E-state index in [4.69, 9.17) is 0 Å². The highest BCUT2D eigenvalue weighted by atomic mass is 32.2. The molecular weight excluding hydrogens is 303 g/mol. The average molecular weight is 322 g/mol. The molecule has 1 aliphatic heterocycles. The molecule has 1 fully saturated rings. The second-order valence-corrected chi connectivity index (χ2v) is 6.05. The predicted octanol–water partition coefficient (Wildman–Crippen LogP) is 3.02. The molecule has 0 aromatic heterocycles. The molecular formula is C16H19FN2O2S. The summed E-state index contributed by atoms with van der Waals surface area (Å²) in [5, 5.41) is 2.57. The maximum Gasteiger partial charge on any atom is 0.250 e. The van der Waals surface area contributed by atoms with Gasteiger partial charge >= 0.3 is 0 Å². The molecule has 1 saturated heterocycles. The number of hydrogen-bond acceptors (Lipinski definition) is 3. The monoisotopic (exact) mass is 322 g/mol. The number of halogens is 1. The van der Waals surface area contributed by atoms with Gasteiger partial charge in [-0.05, 0) is 25.5 Å². The molecule has 0 aliphatic carbocycles. The number of carbonyl (C=O) groups excluding carboxylic acids is 2. The van der Waals surface area contributed by atoms with Gasteiger partial charge in [0.15, 0.2) is 0 Å². The van der Waals surface area contributed by atoms with E-state index < -0.39 is 11.9 Å². The first-order valence-corrected chi connectivity index (χ1v) is 8.31. The summed E-state index contributed by atoms with van der Waals surface area (Å²) >= 11 is 1.52. The van der Waals surface area contributed by atoms with Crippen molar-refractivity contribution in [3.63, 3.8) is 0 Å². The first kappa shape index (κ1) is 16.5. The second-order valence-electron chi connectivity index (χ2n) is 5.06. The number of rotatable bonds is 4. The molecule has 1 atom stereocenters. The molecule has 0 unspecified atom stereocenters. The quantitative estimate of drug-likeness (QED) is 0.867. The van der Waals surface area contributed by atoms with Gasteiger partial charge in [0.1, 0.15) is 11.9 Å². The minimum atomic E-state index is -0.572. The zero-order valence-corrected chi connectivity index (χ0v) is 13.5. The normalized spacial score (nSPS) is 18.4. The van der Waals surface area contributed by atoms with Crippen LogP contribution in [0.25, 0.3) is 0 Å². The fourth-order valence-corrected chi connectivity index (χ4v) is 3.41. The van der Waals surface area contributed by atoms with Crippen molar-refractivity contribution in [3.8, 4) is 0 Å². The Bertz CT molecular complexity index is 604. The van der Waals surface area contributed by atoms with Crippen molar-refractivity contribution in [2.24, 2.45) is 0 Å². The van der Waals surface area contributed by atoms with E-state index in [1.807, 2.05) is 13.0 Å². The van der Waals surface area contributed by atoms with Crippen molar-refractivity contribution in [3.05, 3.63) is 41.7 Å². The number of anilines is 1. The smallest absolute Gasteiger partial charge is 0.250 e. The number of allylic oxidation sites excluding steroid dienone is 1. The summed E-state index contributed by atoms with van der Waals surface area (Å²) in [5.74, 6) is 0.0174. The lowest BCUT2D eigenvalue weighted by Gasteiger charge is -2.23. The van der Waals surface area contributed by atoms with Gasteiger partial charge in [-0.25, -0.2) is 4.39 Å². The molecule has 1 aromatic carbocycles. The fourth-order valence-electron chi connectivity index (χ4n) is 2.26. The average Bonchev–Trinajstić information content (AvgIpc) is 2.98. The standard InChI is InChI=1S/C16H19FN2O2S/c1-3-6-11(2)16(21)19-10-22-9-14(19)15(20)18-13-8-5-4-7-12(13)17/h4-8,14H,3,9-10H2,1-2H3,(H,18,20)/b11-6+/t14-/m0/s1. The molecule has 1 aliphatic rings. The summed E-state index contributed by atoms with van der Waals surface area (Å²) in [6.07, 6.45) is 2.61. The van der Waals surface area contributed by atoms with E-state index in [1.54, 1.807) is 24.0 Å². The number of nitrogens with one attached hydrogen (secondary N) is 1. The van der Waals surface area contributed by atoms with Gasteiger partial charge in [0.25, 0.3) is 5.91 Å². The van der Waals surface area contributed by atoms with Crippen molar-refractivity contribution < 1.29 is 14.0 Å². The number of carbonyl (C=O) groups is 2. The highest BCUT2D eigenvalue weighted by Crippen LogP contribution is 2.24. The van der Waals surface area contributed by atoms with Crippen molar-refractivity contribution in [2.75, 3.05) is 16.9 Å². The van der Waals surface area contributed by atoms with Crippen molar-refractivity contribution >= 4 is 29.3 Å². The van der Waals surface area contributed by atoms with E-state index in [9.17, 15) is 14.0 Å². The van der Waals surface area contributed by atoms with Crippen LogP contribution >= 0.6 is 11.8 Å².